The fourth-order valence-electron chi connectivity index (χ4n) is 6.18. The summed E-state index contributed by atoms with van der Waals surface area (Å²) in [5.41, 5.74) is 10.1. The summed E-state index contributed by atoms with van der Waals surface area (Å²) < 4.78 is 70.3. The van der Waals surface area contributed by atoms with Gasteiger partial charge in [-0.25, -0.2) is 0 Å². The van der Waals surface area contributed by atoms with Crippen molar-refractivity contribution < 1.29 is 32.4 Å². The molecule has 0 unspecified atom stereocenters. The summed E-state index contributed by atoms with van der Waals surface area (Å²) >= 11 is 1.43. The van der Waals surface area contributed by atoms with Gasteiger partial charge < -0.3 is 9.55 Å². The molecular formula is C47H35IrN3S-2. The summed E-state index contributed by atoms with van der Waals surface area (Å²) in [5.74, 6) is 0.773. The molecule has 0 fully saturated rings. The van der Waals surface area contributed by atoms with Crippen LogP contribution in [0.1, 0.15) is 29.0 Å². The van der Waals surface area contributed by atoms with E-state index in [-0.39, 0.29) is 31.2 Å². The van der Waals surface area contributed by atoms with E-state index in [9.17, 15) is 0 Å². The first-order chi connectivity index (χ1) is 28.7. The number of aromatic nitrogens is 3. The minimum atomic E-state index is -2.18. The van der Waals surface area contributed by atoms with Crippen LogP contribution in [0.2, 0.25) is 0 Å². The number of thiophene rings is 1. The molecule has 0 saturated carbocycles. The van der Waals surface area contributed by atoms with E-state index in [1.54, 1.807) is 24.3 Å². The van der Waals surface area contributed by atoms with Crippen LogP contribution in [0.25, 0.3) is 71.7 Å². The third-order valence-electron chi connectivity index (χ3n) is 8.58. The van der Waals surface area contributed by atoms with Gasteiger partial charge in [0.05, 0.1) is 22.5 Å². The minimum Gasteiger partial charge on any atom is -0.332 e. The Labute approximate surface area is 335 Å². The molecule has 52 heavy (non-hydrogen) atoms. The third kappa shape index (κ3) is 7.04. The number of aryl methyl sites for hydroxylation is 3. The molecule has 0 aliphatic rings. The maximum atomic E-state index is 7.86. The van der Waals surface area contributed by atoms with Gasteiger partial charge in [0.15, 0.2) is 0 Å². The molecule has 3 heterocycles. The third-order valence-corrected chi connectivity index (χ3v) is 9.44. The number of pyridine rings is 1. The second-order valence-corrected chi connectivity index (χ2v) is 12.8. The van der Waals surface area contributed by atoms with Gasteiger partial charge in [-0.15, -0.1) is 46.8 Å². The Morgan fingerprint density at radius 3 is 1.98 bits per heavy atom. The number of imidazole rings is 1. The van der Waals surface area contributed by atoms with Crippen molar-refractivity contribution in [3.63, 3.8) is 0 Å². The van der Waals surface area contributed by atoms with Gasteiger partial charge in [0, 0.05) is 49.8 Å². The number of hydrogen-bond donors (Lipinski definition) is 0. The topological polar surface area (TPSA) is 30.7 Å². The van der Waals surface area contributed by atoms with E-state index in [0.717, 1.165) is 60.4 Å². The Morgan fingerprint density at radius 2 is 1.33 bits per heavy atom. The van der Waals surface area contributed by atoms with E-state index in [4.69, 9.17) is 17.3 Å². The summed E-state index contributed by atoms with van der Waals surface area (Å²) in [6.07, 6.45) is 1.30. The largest absolute Gasteiger partial charge is 0.332 e. The molecule has 0 saturated heterocycles. The van der Waals surface area contributed by atoms with E-state index < -0.39 is 20.6 Å². The quantitative estimate of drug-likeness (QED) is 0.161. The molecule has 9 rings (SSSR count). The van der Waals surface area contributed by atoms with Crippen LogP contribution in [-0.4, -0.2) is 14.5 Å². The molecule has 0 N–H and O–H groups in total. The van der Waals surface area contributed by atoms with Crippen molar-refractivity contribution in [2.75, 3.05) is 0 Å². The number of fused-ring (bicyclic) bond motifs is 2. The van der Waals surface area contributed by atoms with E-state index >= 15 is 0 Å². The van der Waals surface area contributed by atoms with Crippen molar-refractivity contribution in [3.05, 3.63) is 186 Å². The molecule has 0 spiro atoms. The van der Waals surface area contributed by atoms with Crippen LogP contribution in [0.3, 0.4) is 0 Å². The Balaban J connectivity index is 0.000000226. The van der Waals surface area contributed by atoms with Crippen molar-refractivity contribution in [2.45, 2.75) is 20.6 Å². The van der Waals surface area contributed by atoms with Crippen LogP contribution in [0.5, 0.6) is 0 Å². The summed E-state index contributed by atoms with van der Waals surface area (Å²) in [5, 5.41) is 4.41. The van der Waals surface area contributed by atoms with Crippen LogP contribution in [-0.2, 0) is 20.1 Å². The van der Waals surface area contributed by atoms with E-state index in [0.29, 0.717) is 16.8 Å². The summed E-state index contributed by atoms with van der Waals surface area (Å²) in [6.45, 7) is -6.50. The van der Waals surface area contributed by atoms with Gasteiger partial charge in [0.1, 0.15) is 0 Å². The average Bonchev–Trinajstić information content (AvgIpc) is 3.85. The van der Waals surface area contributed by atoms with E-state index in [2.05, 4.69) is 93.8 Å². The fourth-order valence-corrected chi connectivity index (χ4v) is 7.06. The smallest absolute Gasteiger partial charge is 0.0774 e. The zero-order valence-corrected chi connectivity index (χ0v) is 30.8. The number of rotatable bonds is 5. The predicted molar refractivity (Wildman–Crippen MR) is 214 cm³/mol. The normalized spacial score (nSPS) is 14.1. The number of nitrogens with zero attached hydrogens (tertiary/aromatic N) is 3. The SMILES string of the molecule is [2H]C([2H])([2H])c1c[c-]c(-c2ccc(C([2H])([2H])[2H])cn2)cc1.[2H]C([2H])([2H])c1ccc2c(-c3nc4ccccc4n3-c3c(-c4ccccc4)cccc3-c3ccccc3)[c-]sc2c1.[Ir]. The minimum absolute atomic E-state index is 0. The van der Waals surface area contributed by atoms with Crippen LogP contribution < -0.4 is 0 Å². The number of benzene rings is 6. The summed E-state index contributed by atoms with van der Waals surface area (Å²) in [6, 6.07) is 51.2. The second-order valence-electron chi connectivity index (χ2n) is 11.9. The molecule has 255 valence electrons. The molecule has 1 radical (unpaired) electrons. The van der Waals surface area contributed by atoms with Crippen molar-refractivity contribution in [1.82, 2.24) is 14.5 Å². The zero-order valence-electron chi connectivity index (χ0n) is 36.6. The maximum Gasteiger partial charge on any atom is 0.0774 e. The maximum absolute atomic E-state index is 7.86. The van der Waals surface area contributed by atoms with E-state index in [1.807, 2.05) is 36.4 Å². The Morgan fingerprint density at radius 1 is 0.654 bits per heavy atom. The van der Waals surface area contributed by atoms with Crippen molar-refractivity contribution in [3.8, 4) is 50.6 Å². The van der Waals surface area contributed by atoms with Crippen LogP contribution in [0, 0.1) is 32.0 Å². The molecule has 0 atom stereocenters. The molecule has 6 aromatic carbocycles. The zero-order chi connectivity index (χ0) is 42.2. The number of para-hydroxylation sites is 3. The molecule has 0 aliphatic heterocycles. The van der Waals surface area contributed by atoms with Crippen LogP contribution >= 0.6 is 11.3 Å². The molecule has 5 heteroatoms. The second kappa shape index (κ2) is 15.4. The standard InChI is InChI=1S/C34H23N2S.C13H12N.Ir/c1-23-19-20-28-29(22-37-32(28)21-23)34-35-30-17-8-9-18-31(30)36(34)33-26(24-11-4-2-5-12-24)15-10-16-27(33)25-13-6-3-7-14-25;1-10-3-6-12(7-4-10)13-8-5-11(2)9-14-13;/h2-21H,1H3;3-6,8-9H,1-2H3;/q2*-1;/i1D3;1D3,2D3;. The molecule has 9 aromatic rings. The van der Waals surface area contributed by atoms with Gasteiger partial charge in [0.2, 0.25) is 0 Å². The predicted octanol–water partition coefficient (Wildman–Crippen LogP) is 12.5. The Kier molecular flexibility index (Phi) is 7.56. The first-order valence-electron chi connectivity index (χ1n) is 20.8. The molecule has 0 bridgehead atoms. The van der Waals surface area contributed by atoms with Crippen molar-refractivity contribution in [1.29, 1.82) is 0 Å². The van der Waals surface area contributed by atoms with E-state index in [1.165, 1.54) is 35.7 Å². The monoisotopic (exact) mass is 875 g/mol. The number of hydrogen-bond acceptors (Lipinski definition) is 3. The van der Waals surface area contributed by atoms with Gasteiger partial charge >= 0.3 is 0 Å². The van der Waals surface area contributed by atoms with Crippen LogP contribution in [0.15, 0.2) is 158 Å². The molecule has 0 amide bonds. The van der Waals surface area contributed by atoms with Crippen LogP contribution in [0.4, 0.5) is 0 Å². The van der Waals surface area contributed by atoms with Gasteiger partial charge in [-0.3, -0.25) is 16.3 Å². The first-order valence-corrected chi connectivity index (χ1v) is 17.1. The summed E-state index contributed by atoms with van der Waals surface area (Å²) in [7, 11) is 0. The van der Waals surface area contributed by atoms with Gasteiger partial charge in [-0.1, -0.05) is 143 Å². The Bertz CT molecular complexity index is 2810. The molecule has 0 aliphatic carbocycles. The molecular weight excluding hydrogens is 831 g/mol. The van der Waals surface area contributed by atoms with Gasteiger partial charge in [-0.05, 0) is 48.2 Å². The van der Waals surface area contributed by atoms with Gasteiger partial charge in [0.25, 0.3) is 0 Å². The summed E-state index contributed by atoms with van der Waals surface area (Å²) in [4.78, 5) is 9.23. The average molecular weight is 875 g/mol. The van der Waals surface area contributed by atoms with Crippen molar-refractivity contribution in [2.24, 2.45) is 0 Å². The molecule has 3 aromatic heterocycles. The van der Waals surface area contributed by atoms with Crippen molar-refractivity contribution >= 4 is 32.5 Å². The molecule has 3 nitrogen and oxygen atoms in total. The first kappa shape index (κ1) is 25.5. The van der Waals surface area contributed by atoms with Gasteiger partial charge in [-0.2, -0.15) is 0 Å². The Hall–Kier alpha value is -5.45. The fraction of sp³-hybridized carbons (Fsp3) is 0.0638.